The van der Waals surface area contributed by atoms with Crippen LogP contribution in [-0.2, 0) is 14.3 Å². The summed E-state index contributed by atoms with van der Waals surface area (Å²) in [6.45, 7) is 2.42. The fourth-order valence-corrected chi connectivity index (χ4v) is 3.04. The lowest BCUT2D eigenvalue weighted by Crippen LogP contribution is -2.35. The second-order valence-electron chi connectivity index (χ2n) is 6.74. The van der Waals surface area contributed by atoms with Crippen molar-refractivity contribution in [3.05, 3.63) is 70.9 Å². The highest BCUT2D eigenvalue weighted by atomic mass is 19.2. The molecule has 2 amide bonds. The number of carbonyl (C=O) groups excluding carboxylic acids is 3. The minimum Gasteiger partial charge on any atom is -0.452 e. The van der Waals surface area contributed by atoms with Gasteiger partial charge in [0.15, 0.2) is 18.2 Å². The van der Waals surface area contributed by atoms with Crippen LogP contribution in [0.1, 0.15) is 21.6 Å². The largest absolute Gasteiger partial charge is 0.452 e. The standard InChI is InChI=1S/C22H19F2N3O4/c1-12-15-5-3-4-6-18(15)26-13(2)21(12)22(30)31-11-20(29)25-10-19(28)27-14-7-8-16(23)17(24)9-14/h3-9H,10-11H2,1-2H3,(H,25,29)(H,27,28). The van der Waals surface area contributed by atoms with E-state index >= 15 is 0 Å². The van der Waals surface area contributed by atoms with Crippen LogP contribution < -0.4 is 10.6 Å². The molecule has 0 saturated carbocycles. The van der Waals surface area contributed by atoms with Crippen molar-refractivity contribution >= 4 is 34.4 Å². The van der Waals surface area contributed by atoms with Crippen LogP contribution in [0.3, 0.4) is 0 Å². The number of carbonyl (C=O) groups is 3. The number of rotatable bonds is 6. The molecule has 0 aliphatic rings. The maximum absolute atomic E-state index is 13.2. The Morgan fingerprint density at radius 1 is 1.00 bits per heavy atom. The number of amides is 2. The van der Waals surface area contributed by atoms with Crippen molar-refractivity contribution in [3.63, 3.8) is 0 Å². The highest BCUT2D eigenvalue weighted by molar-refractivity contribution is 5.99. The predicted molar refractivity (Wildman–Crippen MR) is 109 cm³/mol. The summed E-state index contributed by atoms with van der Waals surface area (Å²) in [6.07, 6.45) is 0. The molecule has 0 saturated heterocycles. The second kappa shape index (κ2) is 9.29. The lowest BCUT2D eigenvalue weighted by Gasteiger charge is -2.12. The zero-order valence-electron chi connectivity index (χ0n) is 16.8. The number of ether oxygens (including phenoxy) is 1. The van der Waals surface area contributed by atoms with E-state index in [1.54, 1.807) is 13.8 Å². The lowest BCUT2D eigenvalue weighted by molar-refractivity contribution is -0.126. The van der Waals surface area contributed by atoms with Crippen molar-refractivity contribution in [2.75, 3.05) is 18.5 Å². The molecule has 2 aromatic carbocycles. The van der Waals surface area contributed by atoms with E-state index in [9.17, 15) is 23.2 Å². The Kier molecular flexibility index (Phi) is 6.54. The van der Waals surface area contributed by atoms with Gasteiger partial charge in [0.1, 0.15) is 0 Å². The van der Waals surface area contributed by atoms with Gasteiger partial charge in [-0.25, -0.2) is 13.6 Å². The molecular formula is C22H19F2N3O4. The third-order valence-corrected chi connectivity index (χ3v) is 4.52. The predicted octanol–water partition coefficient (Wildman–Crippen LogP) is 3.04. The molecule has 2 N–H and O–H groups in total. The highest BCUT2D eigenvalue weighted by Gasteiger charge is 2.19. The molecule has 160 valence electrons. The number of aromatic nitrogens is 1. The van der Waals surface area contributed by atoms with Crippen LogP contribution in [-0.4, -0.2) is 35.9 Å². The molecule has 0 spiro atoms. The normalized spacial score (nSPS) is 10.6. The molecule has 0 fully saturated rings. The molecule has 0 unspecified atom stereocenters. The third-order valence-electron chi connectivity index (χ3n) is 4.52. The van der Waals surface area contributed by atoms with Gasteiger partial charge in [-0.2, -0.15) is 0 Å². The van der Waals surface area contributed by atoms with Crippen LogP contribution in [0.4, 0.5) is 14.5 Å². The number of benzene rings is 2. The Balaban J connectivity index is 1.53. The van der Waals surface area contributed by atoms with Crippen LogP contribution >= 0.6 is 0 Å². The molecule has 3 rings (SSSR count). The Bertz CT molecular complexity index is 1180. The number of pyridine rings is 1. The number of fused-ring (bicyclic) bond motifs is 1. The second-order valence-corrected chi connectivity index (χ2v) is 6.74. The Labute approximate surface area is 176 Å². The molecule has 0 aliphatic heterocycles. The smallest absolute Gasteiger partial charge is 0.340 e. The van der Waals surface area contributed by atoms with E-state index in [-0.39, 0.29) is 11.3 Å². The third kappa shape index (κ3) is 5.19. The highest BCUT2D eigenvalue weighted by Crippen LogP contribution is 2.23. The van der Waals surface area contributed by atoms with Crippen molar-refractivity contribution in [1.82, 2.24) is 10.3 Å². The molecule has 0 bridgehead atoms. The number of nitrogens with zero attached hydrogens (tertiary/aromatic N) is 1. The minimum absolute atomic E-state index is 0.0410. The number of halogens is 2. The van der Waals surface area contributed by atoms with E-state index in [0.29, 0.717) is 11.3 Å². The molecule has 3 aromatic rings. The first-order valence-corrected chi connectivity index (χ1v) is 9.31. The fraction of sp³-hybridized carbons (Fsp3) is 0.182. The molecule has 0 aliphatic carbocycles. The molecule has 31 heavy (non-hydrogen) atoms. The van der Waals surface area contributed by atoms with Gasteiger partial charge in [0.05, 0.1) is 23.3 Å². The molecule has 0 atom stereocenters. The van der Waals surface area contributed by atoms with Crippen molar-refractivity contribution in [2.45, 2.75) is 13.8 Å². The van der Waals surface area contributed by atoms with Crippen LogP contribution in [0.15, 0.2) is 42.5 Å². The first-order valence-electron chi connectivity index (χ1n) is 9.31. The van der Waals surface area contributed by atoms with Gasteiger partial charge >= 0.3 is 5.97 Å². The van der Waals surface area contributed by atoms with Gasteiger partial charge in [-0.05, 0) is 37.6 Å². The van der Waals surface area contributed by atoms with E-state index < -0.39 is 42.6 Å². The van der Waals surface area contributed by atoms with Crippen molar-refractivity contribution < 1.29 is 27.9 Å². The summed E-state index contributed by atoms with van der Waals surface area (Å²) in [5, 5.41) is 5.40. The Hall–Kier alpha value is -3.88. The van der Waals surface area contributed by atoms with E-state index in [4.69, 9.17) is 4.74 Å². The fourth-order valence-electron chi connectivity index (χ4n) is 3.04. The zero-order valence-corrected chi connectivity index (χ0v) is 16.8. The van der Waals surface area contributed by atoms with Crippen LogP contribution in [0, 0.1) is 25.5 Å². The number of nitrogens with one attached hydrogen (secondary N) is 2. The SMILES string of the molecule is Cc1nc2ccccc2c(C)c1C(=O)OCC(=O)NCC(=O)Nc1ccc(F)c(F)c1. The van der Waals surface area contributed by atoms with Gasteiger partial charge in [0.25, 0.3) is 5.91 Å². The number of anilines is 1. The van der Waals surface area contributed by atoms with Crippen LogP contribution in [0.5, 0.6) is 0 Å². The summed E-state index contributed by atoms with van der Waals surface area (Å²) >= 11 is 0. The van der Waals surface area contributed by atoms with Crippen molar-refractivity contribution in [3.8, 4) is 0 Å². The summed E-state index contributed by atoms with van der Waals surface area (Å²) < 4.78 is 31.1. The van der Waals surface area contributed by atoms with E-state index in [2.05, 4.69) is 15.6 Å². The number of esters is 1. The van der Waals surface area contributed by atoms with Crippen LogP contribution in [0.25, 0.3) is 10.9 Å². The first kappa shape index (κ1) is 21.8. The van der Waals surface area contributed by atoms with Gasteiger partial charge in [-0.15, -0.1) is 0 Å². The number of hydrogen-bond donors (Lipinski definition) is 2. The summed E-state index contributed by atoms with van der Waals surface area (Å²) in [7, 11) is 0. The summed E-state index contributed by atoms with van der Waals surface area (Å²) in [5.41, 5.74) is 2.24. The average Bonchev–Trinajstić information content (AvgIpc) is 2.73. The molecule has 1 heterocycles. The van der Waals surface area contributed by atoms with Crippen molar-refractivity contribution in [1.29, 1.82) is 0 Å². The quantitative estimate of drug-likeness (QED) is 0.590. The molecule has 9 heteroatoms. The maximum Gasteiger partial charge on any atom is 0.340 e. The molecule has 1 aromatic heterocycles. The monoisotopic (exact) mass is 427 g/mol. The average molecular weight is 427 g/mol. The van der Waals surface area contributed by atoms with Gasteiger partial charge in [0, 0.05) is 17.1 Å². The molecule has 7 nitrogen and oxygen atoms in total. The summed E-state index contributed by atoms with van der Waals surface area (Å²) in [6, 6.07) is 10.2. The van der Waals surface area contributed by atoms with Gasteiger partial charge in [-0.1, -0.05) is 18.2 Å². The number of para-hydroxylation sites is 1. The summed E-state index contributed by atoms with van der Waals surface area (Å²) in [4.78, 5) is 40.6. The summed E-state index contributed by atoms with van der Waals surface area (Å²) in [5.74, 6) is -4.20. The van der Waals surface area contributed by atoms with Gasteiger partial charge < -0.3 is 15.4 Å². The van der Waals surface area contributed by atoms with Crippen molar-refractivity contribution in [2.24, 2.45) is 0 Å². The van der Waals surface area contributed by atoms with Gasteiger partial charge in [-0.3, -0.25) is 14.6 Å². The maximum atomic E-state index is 13.2. The van der Waals surface area contributed by atoms with Crippen LogP contribution in [0.2, 0.25) is 0 Å². The van der Waals surface area contributed by atoms with E-state index in [1.165, 1.54) is 6.07 Å². The minimum atomic E-state index is -1.11. The molecular weight excluding hydrogens is 408 g/mol. The number of hydrogen-bond acceptors (Lipinski definition) is 5. The number of aryl methyl sites for hydroxylation is 2. The lowest BCUT2D eigenvalue weighted by atomic mass is 10.0. The van der Waals surface area contributed by atoms with E-state index in [1.807, 2.05) is 24.3 Å². The Morgan fingerprint density at radius 2 is 1.74 bits per heavy atom. The van der Waals surface area contributed by atoms with Gasteiger partial charge in [0.2, 0.25) is 5.91 Å². The zero-order chi connectivity index (χ0) is 22.5. The van der Waals surface area contributed by atoms with E-state index in [0.717, 1.165) is 23.0 Å². The topological polar surface area (TPSA) is 97.4 Å². The first-order chi connectivity index (χ1) is 14.8. The Morgan fingerprint density at radius 3 is 2.48 bits per heavy atom. The molecule has 0 radical (unpaired) electrons.